The van der Waals surface area contributed by atoms with E-state index in [1.807, 2.05) is 6.92 Å². The minimum Gasteiger partial charge on any atom is -0.478 e. The van der Waals surface area contributed by atoms with Gasteiger partial charge in [0.25, 0.3) is 0 Å². The number of carboxylic acid groups (broad SMARTS) is 1. The van der Waals surface area contributed by atoms with Crippen LogP contribution in [-0.4, -0.2) is 43.3 Å². The molecule has 1 heterocycles. The van der Waals surface area contributed by atoms with Crippen LogP contribution in [-0.2, 0) is 19.0 Å². The van der Waals surface area contributed by atoms with Gasteiger partial charge in [-0.15, -0.1) is 6.58 Å². The van der Waals surface area contributed by atoms with Gasteiger partial charge in [0.05, 0.1) is 6.10 Å². The van der Waals surface area contributed by atoms with E-state index in [1.165, 1.54) is 0 Å². The molecule has 1 fully saturated rings. The Balaban J connectivity index is 2.82. The van der Waals surface area contributed by atoms with Gasteiger partial charge < -0.3 is 19.3 Å². The van der Waals surface area contributed by atoms with Gasteiger partial charge in [0, 0.05) is 18.6 Å². The molecule has 5 heteroatoms. The molecule has 0 aliphatic carbocycles. The van der Waals surface area contributed by atoms with Gasteiger partial charge in [-0.3, -0.25) is 0 Å². The quantitative estimate of drug-likeness (QED) is 0.598. The van der Waals surface area contributed by atoms with Crippen molar-refractivity contribution in [2.75, 3.05) is 13.9 Å². The molecule has 0 aromatic carbocycles. The fourth-order valence-corrected chi connectivity index (χ4v) is 2.05. The summed E-state index contributed by atoms with van der Waals surface area (Å²) in [6.45, 7) is 7.31. The van der Waals surface area contributed by atoms with Crippen LogP contribution < -0.4 is 0 Å². The Labute approximate surface area is 107 Å². The molecule has 5 nitrogen and oxygen atoms in total. The molecule has 0 spiro atoms. The molecule has 0 aromatic heterocycles. The first kappa shape index (κ1) is 14.9. The van der Waals surface area contributed by atoms with Crippen LogP contribution >= 0.6 is 0 Å². The molecule has 4 atom stereocenters. The molecule has 0 aromatic rings. The summed E-state index contributed by atoms with van der Waals surface area (Å²) in [7, 11) is 1.58. The predicted molar refractivity (Wildman–Crippen MR) is 66.2 cm³/mol. The van der Waals surface area contributed by atoms with E-state index < -0.39 is 5.97 Å². The molecule has 0 amide bonds. The zero-order chi connectivity index (χ0) is 13.7. The third-order valence-corrected chi connectivity index (χ3v) is 3.04. The van der Waals surface area contributed by atoms with Gasteiger partial charge in [-0.1, -0.05) is 19.1 Å². The van der Waals surface area contributed by atoms with Crippen molar-refractivity contribution in [3.63, 3.8) is 0 Å². The molecule has 1 aliphatic rings. The molecule has 0 radical (unpaired) electrons. The van der Waals surface area contributed by atoms with Crippen LogP contribution in [0.5, 0.6) is 0 Å². The lowest BCUT2D eigenvalue weighted by atomic mass is 9.93. The van der Waals surface area contributed by atoms with E-state index in [0.717, 1.165) is 0 Å². The largest absolute Gasteiger partial charge is 0.478 e. The van der Waals surface area contributed by atoms with Crippen molar-refractivity contribution in [3.05, 3.63) is 24.3 Å². The highest BCUT2D eigenvalue weighted by molar-refractivity contribution is 5.85. The van der Waals surface area contributed by atoms with E-state index in [0.29, 0.717) is 5.57 Å². The fraction of sp³-hybridized carbons (Fsp3) is 0.615. The second-order valence-electron chi connectivity index (χ2n) is 4.33. The first-order valence-electron chi connectivity index (χ1n) is 5.81. The molecular weight excluding hydrogens is 236 g/mol. The van der Waals surface area contributed by atoms with Crippen molar-refractivity contribution >= 4 is 5.97 Å². The summed E-state index contributed by atoms with van der Waals surface area (Å²) in [6, 6.07) is 0. The first-order chi connectivity index (χ1) is 8.51. The average Bonchev–Trinajstić information content (AvgIpc) is 2.37. The standard InChI is InChI=1S/C13H20O5/c1-5-10-12(16-4)11(18-7-17-10)8(2)6-9(3)13(14)15/h5-6,8,10-12H,1,7H2,2-4H3,(H,14,15)/b9-6+. The molecule has 102 valence electrons. The number of hydrogen-bond donors (Lipinski definition) is 1. The second-order valence-corrected chi connectivity index (χ2v) is 4.33. The number of rotatable bonds is 5. The summed E-state index contributed by atoms with van der Waals surface area (Å²) >= 11 is 0. The number of aliphatic carboxylic acids is 1. The molecule has 1 aliphatic heterocycles. The Kier molecular flexibility index (Phi) is 5.53. The summed E-state index contributed by atoms with van der Waals surface area (Å²) in [5.41, 5.74) is 0.294. The topological polar surface area (TPSA) is 65.0 Å². The van der Waals surface area contributed by atoms with Gasteiger partial charge in [0.2, 0.25) is 0 Å². The minimum absolute atomic E-state index is 0.0857. The number of hydrogen-bond acceptors (Lipinski definition) is 4. The van der Waals surface area contributed by atoms with Gasteiger partial charge in [0.1, 0.15) is 19.0 Å². The van der Waals surface area contributed by atoms with Gasteiger partial charge in [-0.2, -0.15) is 0 Å². The minimum atomic E-state index is -0.928. The van der Waals surface area contributed by atoms with Crippen LogP contribution in [0.2, 0.25) is 0 Å². The highest BCUT2D eigenvalue weighted by atomic mass is 16.7. The van der Waals surface area contributed by atoms with Gasteiger partial charge in [0.15, 0.2) is 0 Å². The fourth-order valence-electron chi connectivity index (χ4n) is 2.05. The smallest absolute Gasteiger partial charge is 0.330 e. The van der Waals surface area contributed by atoms with Crippen molar-refractivity contribution in [2.45, 2.75) is 32.2 Å². The van der Waals surface area contributed by atoms with E-state index in [4.69, 9.17) is 19.3 Å². The lowest BCUT2D eigenvalue weighted by Crippen LogP contribution is -2.49. The van der Waals surface area contributed by atoms with E-state index in [1.54, 1.807) is 26.2 Å². The second kappa shape index (κ2) is 6.68. The maximum atomic E-state index is 10.8. The van der Waals surface area contributed by atoms with Crippen LogP contribution in [0.3, 0.4) is 0 Å². The normalized spacial score (nSPS) is 30.8. The molecule has 1 N–H and O–H groups in total. The molecule has 4 unspecified atom stereocenters. The van der Waals surface area contributed by atoms with E-state index >= 15 is 0 Å². The maximum Gasteiger partial charge on any atom is 0.330 e. The predicted octanol–water partition coefficient (Wildman–Crippen LogP) is 1.60. The molecule has 1 saturated heterocycles. The Morgan fingerprint density at radius 2 is 2.22 bits per heavy atom. The lowest BCUT2D eigenvalue weighted by Gasteiger charge is -2.38. The van der Waals surface area contributed by atoms with Crippen LogP contribution in [0.15, 0.2) is 24.3 Å². The summed E-state index contributed by atoms with van der Waals surface area (Å²) < 4.78 is 16.3. The number of carboxylic acids is 1. The summed E-state index contributed by atoms with van der Waals surface area (Å²) in [4.78, 5) is 10.8. The summed E-state index contributed by atoms with van der Waals surface area (Å²) in [5.74, 6) is -1.01. The first-order valence-corrected chi connectivity index (χ1v) is 5.81. The van der Waals surface area contributed by atoms with Crippen molar-refractivity contribution in [3.8, 4) is 0 Å². The van der Waals surface area contributed by atoms with E-state index in [2.05, 4.69) is 6.58 Å². The van der Waals surface area contributed by atoms with E-state index in [9.17, 15) is 4.79 Å². The van der Waals surface area contributed by atoms with Crippen molar-refractivity contribution in [1.29, 1.82) is 0 Å². The van der Waals surface area contributed by atoms with Crippen LogP contribution in [0, 0.1) is 5.92 Å². The highest BCUT2D eigenvalue weighted by Gasteiger charge is 2.36. The zero-order valence-corrected chi connectivity index (χ0v) is 11.0. The van der Waals surface area contributed by atoms with Crippen molar-refractivity contribution in [2.24, 2.45) is 5.92 Å². The monoisotopic (exact) mass is 256 g/mol. The lowest BCUT2D eigenvalue weighted by molar-refractivity contribution is -0.232. The van der Waals surface area contributed by atoms with Crippen LogP contribution in [0.4, 0.5) is 0 Å². The maximum absolute atomic E-state index is 10.8. The highest BCUT2D eigenvalue weighted by Crippen LogP contribution is 2.25. The van der Waals surface area contributed by atoms with Crippen LogP contribution in [0.25, 0.3) is 0 Å². The Bertz CT molecular complexity index is 336. The van der Waals surface area contributed by atoms with Gasteiger partial charge in [-0.25, -0.2) is 4.79 Å². The van der Waals surface area contributed by atoms with Gasteiger partial charge in [-0.05, 0) is 6.92 Å². The SMILES string of the molecule is C=CC1OCOC(C(C)/C=C(\C)C(=O)O)C1OC. The Morgan fingerprint density at radius 1 is 1.56 bits per heavy atom. The van der Waals surface area contributed by atoms with Gasteiger partial charge >= 0.3 is 5.97 Å². The number of carbonyl (C=O) groups is 1. The summed E-state index contributed by atoms with van der Waals surface area (Å²) in [5, 5.41) is 8.87. The molecule has 1 rings (SSSR count). The number of methoxy groups -OCH3 is 1. The number of ether oxygens (including phenoxy) is 3. The van der Waals surface area contributed by atoms with E-state index in [-0.39, 0.29) is 31.0 Å². The zero-order valence-electron chi connectivity index (χ0n) is 11.0. The molecule has 0 saturated carbocycles. The van der Waals surface area contributed by atoms with Crippen molar-refractivity contribution < 1.29 is 24.1 Å². The van der Waals surface area contributed by atoms with Crippen molar-refractivity contribution in [1.82, 2.24) is 0 Å². The molecular formula is C13H20O5. The Morgan fingerprint density at radius 3 is 2.72 bits per heavy atom. The third-order valence-electron chi connectivity index (χ3n) is 3.04. The molecule has 0 bridgehead atoms. The van der Waals surface area contributed by atoms with Crippen LogP contribution in [0.1, 0.15) is 13.8 Å². The molecule has 18 heavy (non-hydrogen) atoms. The Hall–Kier alpha value is -1.17. The summed E-state index contributed by atoms with van der Waals surface area (Å²) in [6.07, 6.45) is 2.56. The average molecular weight is 256 g/mol. The third kappa shape index (κ3) is 3.41.